The number of anilines is 1. The van der Waals surface area contributed by atoms with Crippen LogP contribution in [0.25, 0.3) is 33.3 Å². The van der Waals surface area contributed by atoms with Gasteiger partial charge in [-0.05, 0) is 65.7 Å². The number of aromatic nitrogens is 1. The summed E-state index contributed by atoms with van der Waals surface area (Å²) in [6.45, 7) is 1.88. The molecule has 0 aliphatic rings. The van der Waals surface area contributed by atoms with Gasteiger partial charge in [-0.2, -0.15) is 0 Å². The second-order valence-corrected chi connectivity index (χ2v) is 7.94. The van der Waals surface area contributed by atoms with Crippen molar-refractivity contribution >= 4 is 45.1 Å². The summed E-state index contributed by atoms with van der Waals surface area (Å²) < 4.78 is 11.6. The minimum atomic E-state index is -0.278. The molecular formula is C26H19ClN2O3. The lowest BCUT2D eigenvalue weighted by Gasteiger charge is -2.09. The molecule has 0 unspecified atom stereocenters. The molecule has 1 heterocycles. The van der Waals surface area contributed by atoms with E-state index in [1.807, 2.05) is 67.6 Å². The number of fused-ring (bicyclic) bond motifs is 2. The lowest BCUT2D eigenvalue weighted by molar-refractivity contribution is -0.118. The molecule has 5 rings (SSSR count). The van der Waals surface area contributed by atoms with Crippen LogP contribution < -0.4 is 10.1 Å². The molecule has 1 amide bonds. The molecule has 32 heavy (non-hydrogen) atoms. The van der Waals surface area contributed by atoms with Crippen LogP contribution in [0.1, 0.15) is 5.56 Å². The molecule has 0 atom stereocenters. The van der Waals surface area contributed by atoms with Crippen molar-refractivity contribution in [1.82, 2.24) is 4.98 Å². The number of hydrogen-bond acceptors (Lipinski definition) is 4. The first kappa shape index (κ1) is 20.1. The van der Waals surface area contributed by atoms with E-state index < -0.39 is 0 Å². The zero-order valence-electron chi connectivity index (χ0n) is 17.3. The van der Waals surface area contributed by atoms with Gasteiger partial charge in [-0.1, -0.05) is 48.0 Å². The molecule has 1 N–H and O–H groups in total. The summed E-state index contributed by atoms with van der Waals surface area (Å²) in [5.74, 6) is 0.760. The highest BCUT2D eigenvalue weighted by molar-refractivity contribution is 6.33. The average molecular weight is 443 g/mol. The second-order valence-electron chi connectivity index (χ2n) is 7.53. The van der Waals surface area contributed by atoms with Gasteiger partial charge in [0.15, 0.2) is 12.2 Å². The van der Waals surface area contributed by atoms with Crippen LogP contribution in [0.3, 0.4) is 0 Å². The molecule has 4 aromatic carbocycles. The average Bonchev–Trinajstić information content (AvgIpc) is 3.22. The summed E-state index contributed by atoms with van der Waals surface area (Å²) >= 11 is 6.38. The van der Waals surface area contributed by atoms with E-state index in [0.717, 1.165) is 21.9 Å². The van der Waals surface area contributed by atoms with Crippen molar-refractivity contribution in [3.63, 3.8) is 0 Å². The van der Waals surface area contributed by atoms with Crippen molar-refractivity contribution in [1.29, 1.82) is 0 Å². The van der Waals surface area contributed by atoms with Crippen molar-refractivity contribution in [2.24, 2.45) is 0 Å². The van der Waals surface area contributed by atoms with E-state index in [2.05, 4.69) is 10.3 Å². The Hall–Kier alpha value is -3.83. The van der Waals surface area contributed by atoms with E-state index in [9.17, 15) is 4.79 Å². The van der Waals surface area contributed by atoms with Crippen molar-refractivity contribution in [2.45, 2.75) is 6.92 Å². The van der Waals surface area contributed by atoms with Gasteiger partial charge in [0.2, 0.25) is 5.89 Å². The molecule has 0 saturated carbocycles. The molecule has 6 heteroatoms. The second kappa shape index (κ2) is 8.36. The van der Waals surface area contributed by atoms with Crippen molar-refractivity contribution in [2.75, 3.05) is 11.9 Å². The Kier molecular flexibility index (Phi) is 5.25. The van der Waals surface area contributed by atoms with Crippen LogP contribution in [-0.2, 0) is 4.79 Å². The first-order valence-electron chi connectivity index (χ1n) is 10.1. The van der Waals surface area contributed by atoms with Gasteiger partial charge < -0.3 is 14.5 Å². The highest BCUT2D eigenvalue weighted by atomic mass is 35.5. The topological polar surface area (TPSA) is 64.4 Å². The van der Waals surface area contributed by atoms with Gasteiger partial charge >= 0.3 is 0 Å². The lowest BCUT2D eigenvalue weighted by Crippen LogP contribution is -2.20. The normalized spacial score (nSPS) is 11.1. The number of oxazole rings is 1. The molecule has 0 aliphatic heterocycles. The smallest absolute Gasteiger partial charge is 0.262 e. The van der Waals surface area contributed by atoms with Crippen LogP contribution >= 0.6 is 11.6 Å². The van der Waals surface area contributed by atoms with Crippen molar-refractivity contribution in [3.05, 3.63) is 89.4 Å². The summed E-state index contributed by atoms with van der Waals surface area (Å²) in [6, 6.07) is 24.7. The molecule has 5 aromatic rings. The van der Waals surface area contributed by atoms with Crippen LogP contribution in [0.4, 0.5) is 5.69 Å². The Morgan fingerprint density at radius 1 is 1.00 bits per heavy atom. The fourth-order valence-electron chi connectivity index (χ4n) is 3.52. The number of nitrogens with zero attached hydrogens (tertiary/aromatic N) is 1. The van der Waals surface area contributed by atoms with E-state index in [-0.39, 0.29) is 12.5 Å². The number of amides is 1. The molecule has 0 aliphatic carbocycles. The van der Waals surface area contributed by atoms with Crippen LogP contribution in [0.15, 0.2) is 83.3 Å². The zero-order chi connectivity index (χ0) is 22.1. The molecule has 158 valence electrons. The molecule has 0 bridgehead atoms. The van der Waals surface area contributed by atoms with Crippen LogP contribution in [0.2, 0.25) is 5.02 Å². The number of rotatable bonds is 5. The third-order valence-electron chi connectivity index (χ3n) is 5.12. The number of ether oxygens (including phenoxy) is 1. The molecule has 5 nitrogen and oxygen atoms in total. The van der Waals surface area contributed by atoms with Gasteiger partial charge in [0.1, 0.15) is 11.3 Å². The molecule has 0 radical (unpaired) electrons. The Labute approximate surface area is 189 Å². The van der Waals surface area contributed by atoms with Crippen LogP contribution in [-0.4, -0.2) is 17.5 Å². The predicted molar refractivity (Wildman–Crippen MR) is 127 cm³/mol. The fourth-order valence-corrected chi connectivity index (χ4v) is 3.72. The molecule has 0 spiro atoms. The number of carbonyl (C=O) groups is 1. The third kappa shape index (κ3) is 4.15. The molecular weight excluding hydrogens is 424 g/mol. The first-order chi connectivity index (χ1) is 15.5. The highest BCUT2D eigenvalue weighted by Gasteiger charge is 2.14. The monoisotopic (exact) mass is 442 g/mol. The van der Waals surface area contributed by atoms with Gasteiger partial charge in [-0.25, -0.2) is 4.98 Å². The van der Waals surface area contributed by atoms with E-state index in [4.69, 9.17) is 20.8 Å². The molecule has 0 fully saturated rings. The van der Waals surface area contributed by atoms with E-state index in [1.54, 1.807) is 18.2 Å². The van der Waals surface area contributed by atoms with Gasteiger partial charge in [0.05, 0.1) is 10.6 Å². The Morgan fingerprint density at radius 3 is 2.72 bits per heavy atom. The van der Waals surface area contributed by atoms with Gasteiger partial charge in [-0.15, -0.1) is 0 Å². The van der Waals surface area contributed by atoms with Crippen LogP contribution in [0.5, 0.6) is 5.75 Å². The number of aryl methyl sites for hydroxylation is 1. The maximum atomic E-state index is 12.5. The number of benzene rings is 4. The number of hydrogen-bond donors (Lipinski definition) is 1. The SMILES string of the molecule is Cc1ccc2nc(-c3cc(NC(=O)COc4ccc5ccccc5c4)ccc3Cl)oc2c1. The zero-order valence-corrected chi connectivity index (χ0v) is 18.0. The fraction of sp³-hybridized carbons (Fsp3) is 0.0769. The standard InChI is InChI=1S/C26H19ClN2O3/c1-16-6-11-23-24(12-16)32-26(29-23)21-14-19(8-10-22(21)27)28-25(30)15-31-20-9-7-17-4-2-3-5-18(17)13-20/h2-14H,15H2,1H3,(H,28,30). The van der Waals surface area contributed by atoms with Crippen molar-refractivity contribution < 1.29 is 13.9 Å². The Balaban J connectivity index is 1.30. The summed E-state index contributed by atoms with van der Waals surface area (Å²) in [4.78, 5) is 17.0. The quantitative estimate of drug-likeness (QED) is 0.332. The van der Waals surface area contributed by atoms with Gasteiger partial charge in [-0.3, -0.25) is 4.79 Å². The van der Waals surface area contributed by atoms with Gasteiger partial charge in [0, 0.05) is 5.69 Å². The first-order valence-corrected chi connectivity index (χ1v) is 10.5. The summed E-state index contributed by atoms with van der Waals surface area (Å²) in [7, 11) is 0. The van der Waals surface area contributed by atoms with Crippen molar-refractivity contribution in [3.8, 4) is 17.2 Å². The van der Waals surface area contributed by atoms with E-state index >= 15 is 0 Å². The highest BCUT2D eigenvalue weighted by Crippen LogP contribution is 2.32. The van der Waals surface area contributed by atoms with Crippen LogP contribution in [0, 0.1) is 6.92 Å². The number of nitrogens with one attached hydrogen (secondary N) is 1. The lowest BCUT2D eigenvalue weighted by atomic mass is 10.1. The third-order valence-corrected chi connectivity index (χ3v) is 5.44. The predicted octanol–water partition coefficient (Wildman–Crippen LogP) is 6.63. The number of carbonyl (C=O) groups excluding carboxylic acids is 1. The maximum absolute atomic E-state index is 12.5. The summed E-state index contributed by atoms with van der Waals surface area (Å²) in [6.07, 6.45) is 0. The minimum Gasteiger partial charge on any atom is -0.484 e. The minimum absolute atomic E-state index is 0.113. The molecule has 1 aromatic heterocycles. The van der Waals surface area contributed by atoms with Gasteiger partial charge in [0.25, 0.3) is 5.91 Å². The van der Waals surface area contributed by atoms with E-state index in [0.29, 0.717) is 33.5 Å². The van der Waals surface area contributed by atoms with E-state index in [1.165, 1.54) is 0 Å². The number of halogens is 1. The summed E-state index contributed by atoms with van der Waals surface area (Å²) in [5, 5.41) is 5.50. The molecule has 0 saturated heterocycles. The summed E-state index contributed by atoms with van der Waals surface area (Å²) in [5.41, 5.74) is 3.71. The maximum Gasteiger partial charge on any atom is 0.262 e. The largest absolute Gasteiger partial charge is 0.484 e. The Bertz CT molecular complexity index is 1460. The Morgan fingerprint density at radius 2 is 1.84 bits per heavy atom.